The molecule has 2 unspecified atom stereocenters. The van der Waals surface area contributed by atoms with Gasteiger partial charge in [-0.05, 0) is 19.4 Å². The SMILES string of the molecule is CCC(O)CCNCC(O)CN1CCOCC1. The Morgan fingerprint density at radius 1 is 1.24 bits per heavy atom. The van der Waals surface area contributed by atoms with Crippen molar-refractivity contribution in [3.8, 4) is 0 Å². The van der Waals surface area contributed by atoms with Crippen molar-refractivity contribution in [2.24, 2.45) is 0 Å². The Bertz CT molecular complexity index is 187. The van der Waals surface area contributed by atoms with E-state index >= 15 is 0 Å². The number of morpholine rings is 1. The minimum Gasteiger partial charge on any atom is -0.393 e. The van der Waals surface area contributed by atoms with Crippen LogP contribution in [0.25, 0.3) is 0 Å². The van der Waals surface area contributed by atoms with Gasteiger partial charge in [-0.25, -0.2) is 0 Å². The molecule has 0 bridgehead atoms. The fourth-order valence-electron chi connectivity index (χ4n) is 1.89. The van der Waals surface area contributed by atoms with Gasteiger partial charge < -0.3 is 20.3 Å². The van der Waals surface area contributed by atoms with Crippen molar-refractivity contribution in [3.63, 3.8) is 0 Å². The van der Waals surface area contributed by atoms with E-state index in [0.717, 1.165) is 45.7 Å². The Morgan fingerprint density at radius 2 is 1.94 bits per heavy atom. The van der Waals surface area contributed by atoms with Crippen molar-refractivity contribution in [3.05, 3.63) is 0 Å². The molecule has 1 aliphatic heterocycles. The molecular formula is C12H26N2O3. The molecule has 1 saturated heterocycles. The summed E-state index contributed by atoms with van der Waals surface area (Å²) in [5, 5.41) is 22.3. The second-order valence-electron chi connectivity index (χ2n) is 4.62. The first-order valence-corrected chi connectivity index (χ1v) is 6.59. The first-order chi connectivity index (χ1) is 8.22. The molecule has 0 aliphatic carbocycles. The van der Waals surface area contributed by atoms with Crippen LogP contribution in [0.5, 0.6) is 0 Å². The van der Waals surface area contributed by atoms with Gasteiger partial charge in [0.05, 0.1) is 25.4 Å². The summed E-state index contributed by atoms with van der Waals surface area (Å²) in [5.41, 5.74) is 0. The van der Waals surface area contributed by atoms with E-state index in [1.165, 1.54) is 0 Å². The summed E-state index contributed by atoms with van der Waals surface area (Å²) in [6.07, 6.45) is 0.976. The molecule has 0 radical (unpaired) electrons. The van der Waals surface area contributed by atoms with Crippen LogP contribution in [-0.2, 0) is 4.74 Å². The van der Waals surface area contributed by atoms with Gasteiger partial charge in [-0.2, -0.15) is 0 Å². The Hall–Kier alpha value is -0.200. The minimum absolute atomic E-state index is 0.223. The van der Waals surface area contributed by atoms with Gasteiger partial charge in [-0.1, -0.05) is 6.92 Å². The molecule has 0 amide bonds. The lowest BCUT2D eigenvalue weighted by Crippen LogP contribution is -2.44. The highest BCUT2D eigenvalue weighted by Crippen LogP contribution is 1.98. The highest BCUT2D eigenvalue weighted by atomic mass is 16.5. The fourth-order valence-corrected chi connectivity index (χ4v) is 1.89. The van der Waals surface area contributed by atoms with E-state index in [2.05, 4.69) is 10.2 Å². The van der Waals surface area contributed by atoms with Gasteiger partial charge in [0.25, 0.3) is 0 Å². The van der Waals surface area contributed by atoms with Gasteiger partial charge in [0.15, 0.2) is 0 Å². The molecule has 1 fully saturated rings. The molecule has 1 aliphatic rings. The molecular weight excluding hydrogens is 220 g/mol. The van der Waals surface area contributed by atoms with E-state index in [1.807, 2.05) is 6.92 Å². The summed E-state index contributed by atoms with van der Waals surface area (Å²) in [6.45, 7) is 7.37. The van der Waals surface area contributed by atoms with Crippen molar-refractivity contribution < 1.29 is 14.9 Å². The number of rotatable bonds is 8. The number of ether oxygens (including phenoxy) is 1. The van der Waals surface area contributed by atoms with Crippen LogP contribution >= 0.6 is 0 Å². The third-order valence-corrected chi connectivity index (χ3v) is 3.08. The molecule has 17 heavy (non-hydrogen) atoms. The Kier molecular flexibility index (Phi) is 7.72. The molecule has 0 aromatic rings. The smallest absolute Gasteiger partial charge is 0.0791 e. The van der Waals surface area contributed by atoms with Crippen molar-refractivity contribution in [2.45, 2.75) is 32.0 Å². The molecule has 3 N–H and O–H groups in total. The molecule has 5 heteroatoms. The standard InChI is InChI=1S/C12H26N2O3/c1-2-11(15)3-4-13-9-12(16)10-14-5-7-17-8-6-14/h11-13,15-16H,2-10H2,1H3. The summed E-state index contributed by atoms with van der Waals surface area (Å²) in [6, 6.07) is 0. The second kappa shape index (κ2) is 8.83. The van der Waals surface area contributed by atoms with Crippen LogP contribution in [0.1, 0.15) is 19.8 Å². The summed E-state index contributed by atoms with van der Waals surface area (Å²) < 4.78 is 5.25. The van der Waals surface area contributed by atoms with Crippen LogP contribution in [0.4, 0.5) is 0 Å². The van der Waals surface area contributed by atoms with Crippen LogP contribution < -0.4 is 5.32 Å². The molecule has 0 saturated carbocycles. The van der Waals surface area contributed by atoms with Crippen LogP contribution in [0, 0.1) is 0 Å². The number of nitrogens with zero attached hydrogens (tertiary/aromatic N) is 1. The third kappa shape index (κ3) is 6.95. The van der Waals surface area contributed by atoms with E-state index in [9.17, 15) is 10.2 Å². The summed E-state index contributed by atoms with van der Waals surface area (Å²) >= 11 is 0. The highest BCUT2D eigenvalue weighted by molar-refractivity contribution is 4.69. The van der Waals surface area contributed by atoms with Gasteiger partial charge >= 0.3 is 0 Å². The zero-order chi connectivity index (χ0) is 12.5. The van der Waals surface area contributed by atoms with Gasteiger partial charge in [-0.15, -0.1) is 0 Å². The number of β-amino-alcohol motifs (C(OH)–C–C–N with tert-alkyl or cyclic N) is 1. The lowest BCUT2D eigenvalue weighted by Gasteiger charge is -2.28. The van der Waals surface area contributed by atoms with Crippen LogP contribution in [0.3, 0.4) is 0 Å². The summed E-state index contributed by atoms with van der Waals surface area (Å²) in [7, 11) is 0. The average Bonchev–Trinajstić information content (AvgIpc) is 2.35. The van der Waals surface area contributed by atoms with Crippen molar-refractivity contribution >= 4 is 0 Å². The maximum atomic E-state index is 9.82. The Morgan fingerprint density at radius 3 is 2.59 bits per heavy atom. The van der Waals surface area contributed by atoms with E-state index in [-0.39, 0.29) is 12.2 Å². The zero-order valence-electron chi connectivity index (χ0n) is 10.8. The number of aliphatic hydroxyl groups excluding tert-OH is 2. The van der Waals surface area contributed by atoms with E-state index in [0.29, 0.717) is 13.1 Å². The lowest BCUT2D eigenvalue weighted by molar-refractivity contribution is 0.0148. The number of nitrogens with one attached hydrogen (secondary N) is 1. The molecule has 1 heterocycles. The molecule has 2 atom stereocenters. The van der Waals surface area contributed by atoms with Gasteiger partial charge in [0.1, 0.15) is 0 Å². The monoisotopic (exact) mass is 246 g/mol. The maximum Gasteiger partial charge on any atom is 0.0791 e. The Labute approximate surface area is 104 Å². The lowest BCUT2D eigenvalue weighted by atomic mass is 10.2. The van der Waals surface area contributed by atoms with Crippen molar-refractivity contribution in [1.29, 1.82) is 0 Å². The second-order valence-corrected chi connectivity index (χ2v) is 4.62. The number of hydrogen-bond acceptors (Lipinski definition) is 5. The van der Waals surface area contributed by atoms with E-state index in [1.54, 1.807) is 0 Å². The van der Waals surface area contributed by atoms with E-state index in [4.69, 9.17) is 4.74 Å². The van der Waals surface area contributed by atoms with Crippen LogP contribution in [0.2, 0.25) is 0 Å². The van der Waals surface area contributed by atoms with Gasteiger partial charge in [0.2, 0.25) is 0 Å². The predicted molar refractivity (Wildman–Crippen MR) is 67.1 cm³/mol. The van der Waals surface area contributed by atoms with Crippen molar-refractivity contribution in [1.82, 2.24) is 10.2 Å². The first-order valence-electron chi connectivity index (χ1n) is 6.59. The van der Waals surface area contributed by atoms with Gasteiger partial charge in [0, 0.05) is 26.2 Å². The fraction of sp³-hybridized carbons (Fsp3) is 1.00. The largest absolute Gasteiger partial charge is 0.393 e. The number of aliphatic hydroxyl groups is 2. The molecule has 1 rings (SSSR count). The maximum absolute atomic E-state index is 9.82. The first kappa shape index (κ1) is 14.9. The molecule has 102 valence electrons. The zero-order valence-corrected chi connectivity index (χ0v) is 10.8. The molecule has 0 aromatic carbocycles. The third-order valence-electron chi connectivity index (χ3n) is 3.08. The normalized spacial score (nSPS) is 21.4. The van der Waals surface area contributed by atoms with Gasteiger partial charge in [-0.3, -0.25) is 4.90 Å². The quantitative estimate of drug-likeness (QED) is 0.501. The van der Waals surface area contributed by atoms with E-state index < -0.39 is 0 Å². The topological polar surface area (TPSA) is 65.0 Å². The predicted octanol–water partition coefficient (Wildman–Crippen LogP) is -0.570. The average molecular weight is 246 g/mol. The van der Waals surface area contributed by atoms with Crippen LogP contribution in [0.15, 0.2) is 0 Å². The Balaban J connectivity index is 1.98. The van der Waals surface area contributed by atoms with Crippen molar-refractivity contribution in [2.75, 3.05) is 45.9 Å². The highest BCUT2D eigenvalue weighted by Gasteiger charge is 2.14. The number of hydrogen-bond donors (Lipinski definition) is 3. The molecule has 0 aromatic heterocycles. The summed E-state index contributed by atoms with van der Waals surface area (Å²) in [4.78, 5) is 2.22. The van der Waals surface area contributed by atoms with Crippen LogP contribution in [-0.4, -0.2) is 73.3 Å². The molecule has 5 nitrogen and oxygen atoms in total. The molecule has 0 spiro atoms. The minimum atomic E-state index is -0.341. The summed E-state index contributed by atoms with van der Waals surface area (Å²) in [5.74, 6) is 0.